The molecule has 0 unspecified atom stereocenters. The minimum absolute atomic E-state index is 0.0101. The number of aromatic nitrogens is 4. The average molecular weight is 490 g/mol. The van der Waals surface area contributed by atoms with Crippen LogP contribution >= 0.6 is 11.8 Å². The zero-order chi connectivity index (χ0) is 24.3. The number of hydrogen-bond donors (Lipinski definition) is 1. The summed E-state index contributed by atoms with van der Waals surface area (Å²) >= 11 is 1.72. The topological polar surface area (TPSA) is 112 Å². The second kappa shape index (κ2) is 12.3. The second-order valence-electron chi connectivity index (χ2n) is 7.27. The van der Waals surface area contributed by atoms with Crippen molar-refractivity contribution >= 4 is 35.4 Å². The summed E-state index contributed by atoms with van der Waals surface area (Å²) in [5.74, 6) is 0.468. The summed E-state index contributed by atoms with van der Waals surface area (Å²) in [6, 6.07) is 22.6. The van der Waals surface area contributed by atoms with E-state index in [0.717, 1.165) is 12.2 Å². The van der Waals surface area contributed by atoms with Crippen LogP contribution in [0.4, 0.5) is 0 Å². The van der Waals surface area contributed by atoms with Crippen molar-refractivity contribution in [3.63, 3.8) is 0 Å². The Kier molecular flexibility index (Phi) is 8.44. The summed E-state index contributed by atoms with van der Waals surface area (Å²) in [5.41, 5.74) is 0.720. The molecule has 0 aliphatic heterocycles. The van der Waals surface area contributed by atoms with Gasteiger partial charge in [-0.3, -0.25) is 4.79 Å². The lowest BCUT2D eigenvalue weighted by Gasteiger charge is -2.10. The molecule has 0 spiro atoms. The number of nitrogens with zero attached hydrogens (tertiary/aromatic N) is 4. The van der Waals surface area contributed by atoms with E-state index in [9.17, 15) is 9.59 Å². The summed E-state index contributed by atoms with van der Waals surface area (Å²) in [5, 5.41) is 14.5. The van der Waals surface area contributed by atoms with Gasteiger partial charge in [-0.1, -0.05) is 48.5 Å². The lowest BCUT2D eigenvalue weighted by Crippen LogP contribution is -2.30. The monoisotopic (exact) mass is 489 g/mol. The quantitative estimate of drug-likeness (QED) is 0.147. The molecular weight excluding hydrogens is 466 g/mol. The molecule has 0 saturated heterocycles. The number of thioether (sulfide) groups is 1. The van der Waals surface area contributed by atoms with E-state index in [-0.39, 0.29) is 11.6 Å². The minimum Gasteiger partial charge on any atom is -0.465 e. The van der Waals surface area contributed by atoms with E-state index in [2.05, 4.69) is 20.8 Å². The summed E-state index contributed by atoms with van der Waals surface area (Å²) in [6.45, 7) is 0.0550. The number of carbonyl (C=O) groups is 2. The average Bonchev–Trinajstić information content (AvgIpc) is 3.59. The van der Waals surface area contributed by atoms with Crippen LogP contribution in [0.2, 0.25) is 0 Å². The maximum atomic E-state index is 13.0. The van der Waals surface area contributed by atoms with Crippen molar-refractivity contribution in [1.82, 2.24) is 25.5 Å². The molecule has 4 rings (SSSR count). The third-order valence-electron chi connectivity index (χ3n) is 4.75. The second-order valence-corrected chi connectivity index (χ2v) is 8.43. The Labute approximate surface area is 206 Å². The first-order valence-electron chi connectivity index (χ1n) is 10.9. The van der Waals surface area contributed by atoms with Gasteiger partial charge in [-0.15, -0.1) is 16.9 Å². The minimum atomic E-state index is -0.763. The van der Waals surface area contributed by atoms with Crippen LogP contribution in [0.5, 0.6) is 0 Å². The summed E-state index contributed by atoms with van der Waals surface area (Å²) < 4.78 is 11.9. The number of hydrogen-bond acceptors (Lipinski definition) is 8. The zero-order valence-corrected chi connectivity index (χ0v) is 19.6. The molecule has 9 nitrogen and oxygen atoms in total. The number of benzene rings is 2. The lowest BCUT2D eigenvalue weighted by atomic mass is 10.2. The first-order valence-corrected chi connectivity index (χ1v) is 11.9. The summed E-state index contributed by atoms with van der Waals surface area (Å²) in [7, 11) is 0. The number of nitrogens with one attached hydrogen (secondary N) is 1. The van der Waals surface area contributed by atoms with Crippen LogP contribution in [0.1, 0.15) is 12.2 Å². The molecule has 0 bridgehead atoms. The van der Waals surface area contributed by atoms with E-state index in [0.29, 0.717) is 23.7 Å². The van der Waals surface area contributed by atoms with Crippen LogP contribution in [0, 0.1) is 0 Å². The summed E-state index contributed by atoms with van der Waals surface area (Å²) in [4.78, 5) is 26.4. The highest BCUT2D eigenvalue weighted by Crippen LogP contribution is 2.21. The molecule has 0 aliphatic rings. The van der Waals surface area contributed by atoms with Crippen molar-refractivity contribution in [1.29, 1.82) is 0 Å². The first-order chi connectivity index (χ1) is 17.2. The summed E-state index contributed by atoms with van der Waals surface area (Å²) in [6.07, 6.45) is 3.73. The highest BCUT2D eigenvalue weighted by molar-refractivity contribution is 7.99. The number of tetrazole rings is 1. The SMILES string of the molecule is O=C(COC(=O)/C(=C/c1ccco1)n1nnnc1-c1ccccc1)NCCCSc1ccccc1. The molecule has 0 fully saturated rings. The van der Waals surface area contributed by atoms with Crippen molar-refractivity contribution in [2.45, 2.75) is 11.3 Å². The van der Waals surface area contributed by atoms with Crippen LogP contribution in [0.3, 0.4) is 0 Å². The molecule has 2 aromatic carbocycles. The van der Waals surface area contributed by atoms with Gasteiger partial charge >= 0.3 is 5.97 Å². The number of carbonyl (C=O) groups excluding carboxylic acids is 2. The molecule has 0 atom stereocenters. The van der Waals surface area contributed by atoms with E-state index in [1.54, 1.807) is 23.9 Å². The number of rotatable bonds is 11. The van der Waals surface area contributed by atoms with Gasteiger partial charge in [-0.25, -0.2) is 4.79 Å². The van der Waals surface area contributed by atoms with Crippen LogP contribution in [-0.2, 0) is 14.3 Å². The van der Waals surface area contributed by atoms with Crippen molar-refractivity contribution in [3.05, 3.63) is 84.8 Å². The van der Waals surface area contributed by atoms with E-state index in [4.69, 9.17) is 9.15 Å². The molecule has 0 radical (unpaired) electrons. The van der Waals surface area contributed by atoms with Crippen LogP contribution in [0.15, 0.2) is 88.4 Å². The van der Waals surface area contributed by atoms with E-state index >= 15 is 0 Å². The van der Waals surface area contributed by atoms with Crippen molar-refractivity contribution < 1.29 is 18.7 Å². The Bertz CT molecular complexity index is 1260. The highest BCUT2D eigenvalue weighted by atomic mass is 32.2. The molecule has 2 aromatic heterocycles. The molecular formula is C25H23N5O4S. The van der Waals surface area contributed by atoms with E-state index in [1.165, 1.54) is 21.9 Å². The van der Waals surface area contributed by atoms with Gasteiger partial charge in [0.2, 0.25) is 0 Å². The largest absolute Gasteiger partial charge is 0.465 e. The number of amides is 1. The van der Waals surface area contributed by atoms with Crippen molar-refractivity contribution in [3.8, 4) is 11.4 Å². The number of ether oxygens (including phenoxy) is 1. The standard InChI is InChI=1S/C25H23N5O4S/c31-23(26-14-8-16-35-21-12-5-2-6-13-21)18-34-25(32)22(17-20-11-7-15-33-20)30-24(27-28-29-30)19-9-3-1-4-10-19/h1-7,9-13,15,17H,8,14,16,18H2,(H,26,31)/b22-17-. The molecule has 4 aromatic rings. The zero-order valence-electron chi connectivity index (χ0n) is 18.7. The van der Waals surface area contributed by atoms with Gasteiger partial charge in [0.1, 0.15) is 5.76 Å². The van der Waals surface area contributed by atoms with Gasteiger partial charge in [-0.2, -0.15) is 4.68 Å². The molecule has 10 heteroatoms. The predicted molar refractivity (Wildman–Crippen MR) is 132 cm³/mol. The number of esters is 1. The molecule has 0 aliphatic carbocycles. The Morgan fingerprint density at radius 1 is 1.03 bits per heavy atom. The molecule has 178 valence electrons. The maximum Gasteiger partial charge on any atom is 0.357 e. The Morgan fingerprint density at radius 2 is 1.80 bits per heavy atom. The fourth-order valence-corrected chi connectivity index (χ4v) is 3.97. The van der Waals surface area contributed by atoms with Crippen molar-refractivity contribution in [2.75, 3.05) is 18.9 Å². The molecule has 0 saturated carbocycles. The molecule has 2 heterocycles. The number of furan rings is 1. The Hall–Kier alpha value is -4.18. The molecule has 1 N–H and O–H groups in total. The van der Waals surface area contributed by atoms with Crippen LogP contribution in [-0.4, -0.2) is 51.0 Å². The van der Waals surface area contributed by atoms with Crippen molar-refractivity contribution in [2.24, 2.45) is 0 Å². The van der Waals surface area contributed by atoms with Gasteiger partial charge in [0.15, 0.2) is 18.1 Å². The van der Waals surface area contributed by atoms with Crippen LogP contribution < -0.4 is 5.32 Å². The van der Waals surface area contributed by atoms with Gasteiger partial charge in [-0.05, 0) is 46.9 Å². The normalized spacial score (nSPS) is 11.3. The van der Waals surface area contributed by atoms with E-state index < -0.39 is 12.6 Å². The van der Waals surface area contributed by atoms with E-state index in [1.807, 2.05) is 60.7 Å². The van der Waals surface area contributed by atoms with Crippen LogP contribution in [0.25, 0.3) is 23.2 Å². The Morgan fingerprint density at radius 3 is 2.54 bits per heavy atom. The highest BCUT2D eigenvalue weighted by Gasteiger charge is 2.22. The lowest BCUT2D eigenvalue weighted by molar-refractivity contribution is -0.143. The Balaban J connectivity index is 1.35. The molecule has 35 heavy (non-hydrogen) atoms. The third kappa shape index (κ3) is 6.90. The first kappa shape index (κ1) is 24.0. The smallest absolute Gasteiger partial charge is 0.357 e. The maximum absolute atomic E-state index is 13.0. The van der Waals surface area contributed by atoms with Gasteiger partial charge < -0.3 is 14.5 Å². The fraction of sp³-hybridized carbons (Fsp3) is 0.160. The fourth-order valence-electron chi connectivity index (χ4n) is 3.09. The molecule has 1 amide bonds. The van der Waals surface area contributed by atoms with Gasteiger partial charge in [0, 0.05) is 23.1 Å². The third-order valence-corrected chi connectivity index (χ3v) is 5.85. The van der Waals surface area contributed by atoms with Gasteiger partial charge in [0.25, 0.3) is 5.91 Å². The predicted octanol–water partition coefficient (Wildman–Crippen LogP) is 3.77. The van der Waals surface area contributed by atoms with Gasteiger partial charge in [0.05, 0.1) is 6.26 Å².